The third-order valence-corrected chi connectivity index (χ3v) is 4.11. The van der Waals surface area contributed by atoms with Crippen molar-refractivity contribution < 1.29 is 9.53 Å². The summed E-state index contributed by atoms with van der Waals surface area (Å²) in [6, 6.07) is 10.2. The number of aryl methyl sites for hydroxylation is 1. The average molecular weight is 329 g/mol. The molecule has 2 N–H and O–H groups in total. The lowest BCUT2D eigenvalue weighted by atomic mass is 9.97. The smallest absolute Gasteiger partial charge is 0.315 e. The number of benzene rings is 1. The summed E-state index contributed by atoms with van der Waals surface area (Å²) in [5, 5.41) is 13.6. The topological polar surface area (TPSA) is 81.1 Å². The quantitative estimate of drug-likeness (QED) is 0.793. The Bertz CT molecular complexity index is 617. The van der Waals surface area contributed by atoms with Gasteiger partial charge in [-0.1, -0.05) is 35.5 Å². The highest BCUT2D eigenvalue weighted by molar-refractivity contribution is 5.74. The summed E-state index contributed by atoms with van der Waals surface area (Å²) in [5.41, 5.74) is 1.16. The molecule has 0 spiro atoms. The molecule has 1 aromatic carbocycles. The summed E-state index contributed by atoms with van der Waals surface area (Å²) in [6.45, 7) is 2.02. The molecule has 0 radical (unpaired) electrons. The van der Waals surface area contributed by atoms with E-state index in [0.717, 1.165) is 31.4 Å². The maximum Gasteiger partial charge on any atom is 0.315 e. The first-order valence-corrected chi connectivity index (χ1v) is 8.36. The molecule has 1 saturated heterocycles. The molecule has 2 heterocycles. The van der Waals surface area contributed by atoms with Crippen LogP contribution in [-0.2, 0) is 11.3 Å². The van der Waals surface area contributed by atoms with Gasteiger partial charge in [0.15, 0.2) is 0 Å². The summed E-state index contributed by atoms with van der Waals surface area (Å²) < 4.78 is 7.58. The highest BCUT2D eigenvalue weighted by atomic mass is 16.5. The minimum atomic E-state index is -0.118. The number of carbonyl (C=O) groups excluding carboxylic acids is 1. The van der Waals surface area contributed by atoms with E-state index < -0.39 is 0 Å². The number of hydrogen-bond acceptors (Lipinski definition) is 4. The van der Waals surface area contributed by atoms with E-state index in [1.54, 1.807) is 10.9 Å². The van der Waals surface area contributed by atoms with Crippen molar-refractivity contribution in [2.75, 3.05) is 13.2 Å². The third-order valence-electron chi connectivity index (χ3n) is 4.11. The van der Waals surface area contributed by atoms with Gasteiger partial charge >= 0.3 is 6.03 Å². The number of carbonyl (C=O) groups is 1. The summed E-state index contributed by atoms with van der Waals surface area (Å²) in [6.07, 6.45) is 5.97. The fourth-order valence-corrected chi connectivity index (χ4v) is 2.86. The fraction of sp³-hybridized carbons (Fsp3) is 0.471. The Hall–Kier alpha value is -2.41. The number of amides is 2. The van der Waals surface area contributed by atoms with Crippen molar-refractivity contribution in [2.24, 2.45) is 0 Å². The van der Waals surface area contributed by atoms with Crippen molar-refractivity contribution in [1.29, 1.82) is 0 Å². The molecule has 3 rings (SSSR count). The van der Waals surface area contributed by atoms with Crippen molar-refractivity contribution in [1.82, 2.24) is 25.6 Å². The van der Waals surface area contributed by atoms with Gasteiger partial charge in [0.1, 0.15) is 0 Å². The third kappa shape index (κ3) is 4.79. The van der Waals surface area contributed by atoms with E-state index in [2.05, 4.69) is 33.1 Å². The highest BCUT2D eigenvalue weighted by Crippen LogP contribution is 2.27. The molecule has 2 amide bonds. The molecule has 0 bridgehead atoms. The number of nitrogens with one attached hydrogen (secondary N) is 2. The number of rotatable bonds is 6. The zero-order valence-corrected chi connectivity index (χ0v) is 13.6. The summed E-state index contributed by atoms with van der Waals surface area (Å²) >= 11 is 0. The molecule has 2 aromatic rings. The summed E-state index contributed by atoms with van der Waals surface area (Å²) in [7, 11) is 0. The van der Waals surface area contributed by atoms with Gasteiger partial charge in [-0.25, -0.2) is 4.79 Å². The van der Waals surface area contributed by atoms with Crippen LogP contribution in [0, 0.1) is 0 Å². The number of ether oxygens (including phenoxy) is 1. The number of aromatic nitrogens is 3. The van der Waals surface area contributed by atoms with Gasteiger partial charge in [-0.05, 0) is 24.8 Å². The fourth-order valence-electron chi connectivity index (χ4n) is 2.86. The van der Waals surface area contributed by atoms with Gasteiger partial charge in [-0.2, -0.15) is 0 Å². The molecule has 7 heteroatoms. The minimum Gasteiger partial charge on any atom is -0.373 e. The number of nitrogens with zero attached hydrogens (tertiary/aromatic N) is 3. The zero-order chi connectivity index (χ0) is 16.6. The van der Waals surface area contributed by atoms with Crippen LogP contribution in [-0.4, -0.2) is 40.2 Å². The molecule has 1 aliphatic heterocycles. The van der Waals surface area contributed by atoms with Crippen LogP contribution < -0.4 is 10.6 Å². The molecule has 1 aliphatic rings. The zero-order valence-electron chi connectivity index (χ0n) is 13.6. The first-order valence-electron chi connectivity index (χ1n) is 8.36. The van der Waals surface area contributed by atoms with Crippen LogP contribution in [0.3, 0.4) is 0 Å². The maximum atomic E-state index is 12.0. The molecule has 1 aromatic heterocycles. The molecule has 7 nitrogen and oxygen atoms in total. The average Bonchev–Trinajstić information content (AvgIpc) is 3.13. The second kappa shape index (κ2) is 8.44. The highest BCUT2D eigenvalue weighted by Gasteiger charge is 2.24. The molecule has 0 unspecified atom stereocenters. The van der Waals surface area contributed by atoms with Crippen molar-refractivity contribution in [3.63, 3.8) is 0 Å². The van der Waals surface area contributed by atoms with Crippen LogP contribution in [0.2, 0.25) is 0 Å². The largest absolute Gasteiger partial charge is 0.373 e. The maximum absolute atomic E-state index is 12.0. The van der Waals surface area contributed by atoms with Gasteiger partial charge in [0, 0.05) is 31.9 Å². The van der Waals surface area contributed by atoms with Crippen LogP contribution in [0.1, 0.15) is 30.9 Å². The van der Waals surface area contributed by atoms with Crippen LogP contribution >= 0.6 is 0 Å². The van der Waals surface area contributed by atoms with Gasteiger partial charge in [0.05, 0.1) is 12.3 Å². The lowest BCUT2D eigenvalue weighted by molar-refractivity contribution is 0.00226. The lowest BCUT2D eigenvalue weighted by Gasteiger charge is -2.30. The van der Waals surface area contributed by atoms with Crippen molar-refractivity contribution in [2.45, 2.75) is 38.0 Å². The Labute approximate surface area is 141 Å². The predicted octanol–water partition coefficient (Wildman–Crippen LogP) is 1.89. The second-order valence-corrected chi connectivity index (χ2v) is 5.91. The first kappa shape index (κ1) is 16.4. The summed E-state index contributed by atoms with van der Waals surface area (Å²) in [5.74, 6) is 0. The standard InChI is InChI=1S/C17H23N5O2/c23-17(18-8-4-10-22-11-9-19-21-22)20-15-7-12-24-16(13-15)14-5-2-1-3-6-14/h1-3,5-6,9,11,15-16H,4,7-8,10,12-13H2,(H2,18,20,23)/t15-,16-/m1/s1. The Balaban J connectivity index is 1.38. The molecule has 0 aliphatic carbocycles. The van der Waals surface area contributed by atoms with E-state index >= 15 is 0 Å². The molecule has 24 heavy (non-hydrogen) atoms. The molecule has 128 valence electrons. The van der Waals surface area contributed by atoms with Crippen molar-refractivity contribution in [3.8, 4) is 0 Å². The van der Waals surface area contributed by atoms with E-state index in [1.165, 1.54) is 0 Å². The van der Waals surface area contributed by atoms with E-state index in [-0.39, 0.29) is 18.2 Å². The van der Waals surface area contributed by atoms with E-state index in [4.69, 9.17) is 4.74 Å². The van der Waals surface area contributed by atoms with Crippen LogP contribution in [0.25, 0.3) is 0 Å². The SMILES string of the molecule is O=C(NCCCn1ccnn1)N[C@@H]1CCO[C@@H](c2ccccc2)C1. The Morgan fingerprint density at radius 2 is 2.21 bits per heavy atom. The van der Waals surface area contributed by atoms with Gasteiger partial charge in [-0.3, -0.25) is 4.68 Å². The molecular formula is C17H23N5O2. The van der Waals surface area contributed by atoms with E-state index in [1.807, 2.05) is 24.4 Å². The first-order chi connectivity index (χ1) is 11.8. The van der Waals surface area contributed by atoms with Crippen molar-refractivity contribution >= 4 is 6.03 Å². The van der Waals surface area contributed by atoms with E-state index in [9.17, 15) is 4.79 Å². The minimum absolute atomic E-state index is 0.0533. The Morgan fingerprint density at radius 1 is 1.33 bits per heavy atom. The summed E-state index contributed by atoms with van der Waals surface area (Å²) in [4.78, 5) is 12.0. The van der Waals surface area contributed by atoms with Crippen molar-refractivity contribution in [3.05, 3.63) is 48.3 Å². The van der Waals surface area contributed by atoms with Crippen LogP contribution in [0.4, 0.5) is 4.79 Å². The number of urea groups is 1. The monoisotopic (exact) mass is 329 g/mol. The van der Waals surface area contributed by atoms with Crippen LogP contribution in [0.15, 0.2) is 42.7 Å². The second-order valence-electron chi connectivity index (χ2n) is 5.91. The van der Waals surface area contributed by atoms with Gasteiger partial charge in [0.25, 0.3) is 0 Å². The van der Waals surface area contributed by atoms with E-state index in [0.29, 0.717) is 13.2 Å². The van der Waals surface area contributed by atoms with Gasteiger partial charge in [0.2, 0.25) is 0 Å². The molecule has 0 saturated carbocycles. The van der Waals surface area contributed by atoms with Crippen LogP contribution in [0.5, 0.6) is 0 Å². The predicted molar refractivity (Wildman–Crippen MR) is 89.3 cm³/mol. The normalized spacial score (nSPS) is 20.5. The lowest BCUT2D eigenvalue weighted by Crippen LogP contribution is -2.45. The molecular weight excluding hydrogens is 306 g/mol. The number of hydrogen-bond donors (Lipinski definition) is 2. The molecule has 1 fully saturated rings. The van der Waals surface area contributed by atoms with Gasteiger partial charge in [-0.15, -0.1) is 5.10 Å². The van der Waals surface area contributed by atoms with Gasteiger partial charge < -0.3 is 15.4 Å². The molecule has 2 atom stereocenters. The Morgan fingerprint density at radius 3 is 3.00 bits per heavy atom. The Kier molecular flexibility index (Phi) is 5.79.